The normalized spacial score (nSPS) is 10.1. The molecular weight excluding hydrogens is 236 g/mol. The number of carbonyl (C=O) groups is 2. The highest BCUT2D eigenvalue weighted by Crippen LogP contribution is 2.13. The van der Waals surface area contributed by atoms with Crippen LogP contribution in [-0.2, 0) is 7.05 Å². The monoisotopic (exact) mass is 246 g/mol. The van der Waals surface area contributed by atoms with Crippen molar-refractivity contribution in [2.45, 2.75) is 0 Å². The van der Waals surface area contributed by atoms with Crippen molar-refractivity contribution in [1.29, 1.82) is 0 Å². The third-order valence-electron chi connectivity index (χ3n) is 2.31. The van der Waals surface area contributed by atoms with Crippen molar-refractivity contribution < 1.29 is 14.7 Å². The van der Waals surface area contributed by atoms with Gasteiger partial charge in [0.25, 0.3) is 5.91 Å². The summed E-state index contributed by atoms with van der Waals surface area (Å²) in [5.41, 5.74) is 0.277. The van der Waals surface area contributed by atoms with E-state index in [9.17, 15) is 9.59 Å². The average molecular weight is 246 g/mol. The molecule has 0 atom stereocenters. The lowest BCUT2D eigenvalue weighted by molar-refractivity contribution is 0.0692. The Bertz CT molecular complexity index is 606. The van der Waals surface area contributed by atoms with Crippen LogP contribution in [0.5, 0.6) is 0 Å². The van der Waals surface area contributed by atoms with Crippen molar-refractivity contribution >= 4 is 17.6 Å². The number of nitrogens with one attached hydrogen (secondary N) is 1. The van der Waals surface area contributed by atoms with Gasteiger partial charge < -0.3 is 10.4 Å². The third kappa shape index (κ3) is 2.19. The summed E-state index contributed by atoms with van der Waals surface area (Å²) in [7, 11) is 1.62. The number of amides is 1. The van der Waals surface area contributed by atoms with Crippen LogP contribution in [0.15, 0.2) is 30.6 Å². The molecule has 0 aromatic carbocycles. The Balaban J connectivity index is 2.28. The number of pyridine rings is 1. The van der Waals surface area contributed by atoms with Crippen LogP contribution in [0.4, 0.5) is 5.69 Å². The summed E-state index contributed by atoms with van der Waals surface area (Å²) >= 11 is 0. The molecule has 0 saturated heterocycles. The van der Waals surface area contributed by atoms with Gasteiger partial charge in [0, 0.05) is 19.4 Å². The summed E-state index contributed by atoms with van der Waals surface area (Å²) < 4.78 is 1.39. The van der Waals surface area contributed by atoms with Crippen LogP contribution < -0.4 is 5.32 Å². The summed E-state index contributed by atoms with van der Waals surface area (Å²) in [4.78, 5) is 26.5. The minimum Gasteiger partial charge on any atom is -0.476 e. The fourth-order valence-electron chi connectivity index (χ4n) is 1.46. The minimum absolute atomic E-state index is 0.149. The van der Waals surface area contributed by atoms with Gasteiger partial charge in [-0.05, 0) is 18.2 Å². The molecule has 0 bridgehead atoms. The second-order valence-corrected chi connectivity index (χ2v) is 3.50. The molecule has 0 saturated carbocycles. The molecule has 0 aliphatic heterocycles. The highest BCUT2D eigenvalue weighted by Gasteiger charge is 2.15. The molecule has 2 rings (SSSR count). The number of nitrogens with zero attached hydrogens (tertiary/aromatic N) is 3. The van der Waals surface area contributed by atoms with Crippen molar-refractivity contribution in [2.75, 3.05) is 5.32 Å². The van der Waals surface area contributed by atoms with Crippen molar-refractivity contribution in [2.24, 2.45) is 7.05 Å². The van der Waals surface area contributed by atoms with E-state index < -0.39 is 11.9 Å². The molecule has 0 radical (unpaired) electrons. The first-order valence-corrected chi connectivity index (χ1v) is 5.07. The van der Waals surface area contributed by atoms with Crippen LogP contribution in [0.2, 0.25) is 0 Å². The highest BCUT2D eigenvalue weighted by atomic mass is 16.4. The predicted octanol–water partition coefficient (Wildman–Crippen LogP) is 0.766. The van der Waals surface area contributed by atoms with E-state index in [0.29, 0.717) is 5.69 Å². The SMILES string of the molecule is Cn1nccc1C(=O)Nc1cccnc1C(=O)O. The largest absolute Gasteiger partial charge is 0.476 e. The number of carboxylic acids is 1. The summed E-state index contributed by atoms with van der Waals surface area (Å²) in [6.07, 6.45) is 2.83. The second kappa shape index (κ2) is 4.66. The molecule has 1 amide bonds. The summed E-state index contributed by atoms with van der Waals surface area (Å²) in [5, 5.41) is 15.3. The summed E-state index contributed by atoms with van der Waals surface area (Å²) in [5.74, 6) is -1.64. The highest BCUT2D eigenvalue weighted by molar-refractivity contribution is 6.06. The molecule has 0 aliphatic rings. The lowest BCUT2D eigenvalue weighted by Crippen LogP contribution is -2.18. The molecular formula is C11H10N4O3. The molecule has 2 aromatic rings. The molecule has 2 heterocycles. The van der Waals surface area contributed by atoms with Gasteiger partial charge >= 0.3 is 5.97 Å². The fourth-order valence-corrected chi connectivity index (χ4v) is 1.46. The number of aromatic nitrogens is 3. The first-order valence-electron chi connectivity index (χ1n) is 5.07. The number of hydrogen-bond acceptors (Lipinski definition) is 4. The standard InChI is InChI=1S/C11H10N4O3/c1-15-8(4-6-13-15)10(16)14-7-3-2-5-12-9(7)11(17)18/h2-6H,1H3,(H,14,16)(H,17,18). The van der Waals surface area contributed by atoms with Crippen LogP contribution in [-0.4, -0.2) is 31.7 Å². The van der Waals surface area contributed by atoms with E-state index in [0.717, 1.165) is 0 Å². The molecule has 7 heteroatoms. The van der Waals surface area contributed by atoms with Crippen LogP contribution in [0.1, 0.15) is 21.0 Å². The fraction of sp³-hybridized carbons (Fsp3) is 0.0909. The quantitative estimate of drug-likeness (QED) is 0.833. The van der Waals surface area contributed by atoms with Crippen LogP contribution in [0.25, 0.3) is 0 Å². The lowest BCUT2D eigenvalue weighted by atomic mass is 10.3. The third-order valence-corrected chi connectivity index (χ3v) is 2.31. The van der Waals surface area contributed by atoms with Crippen LogP contribution >= 0.6 is 0 Å². The van der Waals surface area contributed by atoms with Gasteiger partial charge in [0.2, 0.25) is 0 Å². The van der Waals surface area contributed by atoms with Gasteiger partial charge in [-0.2, -0.15) is 5.10 Å². The van der Waals surface area contributed by atoms with Gasteiger partial charge in [-0.1, -0.05) is 0 Å². The first-order chi connectivity index (χ1) is 8.59. The van der Waals surface area contributed by atoms with E-state index in [2.05, 4.69) is 15.4 Å². The lowest BCUT2D eigenvalue weighted by Gasteiger charge is -2.07. The minimum atomic E-state index is -1.20. The molecule has 7 nitrogen and oxygen atoms in total. The maximum absolute atomic E-state index is 11.9. The van der Waals surface area contributed by atoms with Gasteiger partial charge in [-0.25, -0.2) is 9.78 Å². The summed E-state index contributed by atoms with van der Waals surface area (Å²) in [6.45, 7) is 0. The second-order valence-electron chi connectivity index (χ2n) is 3.50. The Hall–Kier alpha value is -2.70. The van der Waals surface area contributed by atoms with Crippen LogP contribution in [0, 0.1) is 0 Å². The molecule has 92 valence electrons. The Kier molecular flexibility index (Phi) is 3.05. The Morgan fingerprint density at radius 2 is 2.11 bits per heavy atom. The average Bonchev–Trinajstić information content (AvgIpc) is 2.76. The Morgan fingerprint density at radius 1 is 1.33 bits per heavy atom. The topological polar surface area (TPSA) is 97.1 Å². The number of carboxylic acid groups (broad SMARTS) is 1. The molecule has 0 aliphatic carbocycles. The summed E-state index contributed by atoms with van der Waals surface area (Å²) in [6, 6.07) is 4.56. The maximum Gasteiger partial charge on any atom is 0.356 e. The molecule has 0 spiro atoms. The number of aryl methyl sites for hydroxylation is 1. The van der Waals surface area contributed by atoms with Crippen molar-refractivity contribution in [3.05, 3.63) is 42.0 Å². The van der Waals surface area contributed by atoms with Gasteiger partial charge in [0.1, 0.15) is 5.69 Å². The zero-order valence-corrected chi connectivity index (χ0v) is 9.49. The Morgan fingerprint density at radius 3 is 2.72 bits per heavy atom. The van der Waals surface area contributed by atoms with E-state index in [1.807, 2.05) is 0 Å². The van der Waals surface area contributed by atoms with E-state index >= 15 is 0 Å². The van der Waals surface area contributed by atoms with E-state index in [-0.39, 0.29) is 11.4 Å². The number of rotatable bonds is 3. The number of carbonyl (C=O) groups excluding carboxylic acids is 1. The molecule has 0 unspecified atom stereocenters. The van der Waals surface area contributed by atoms with Crippen molar-refractivity contribution in [1.82, 2.24) is 14.8 Å². The zero-order valence-electron chi connectivity index (χ0n) is 9.49. The first kappa shape index (κ1) is 11.8. The van der Waals surface area contributed by atoms with Gasteiger partial charge in [-0.3, -0.25) is 9.48 Å². The zero-order chi connectivity index (χ0) is 13.1. The maximum atomic E-state index is 11.9. The van der Waals surface area contributed by atoms with Gasteiger partial charge in [0.05, 0.1) is 5.69 Å². The smallest absolute Gasteiger partial charge is 0.356 e. The molecule has 0 fully saturated rings. The van der Waals surface area contributed by atoms with E-state index in [1.54, 1.807) is 13.1 Å². The predicted molar refractivity (Wildman–Crippen MR) is 62.4 cm³/mol. The van der Waals surface area contributed by atoms with Gasteiger partial charge in [-0.15, -0.1) is 0 Å². The number of aromatic carboxylic acids is 1. The molecule has 18 heavy (non-hydrogen) atoms. The Labute approximate surface area is 102 Å². The van der Waals surface area contributed by atoms with Crippen LogP contribution in [0.3, 0.4) is 0 Å². The molecule has 2 aromatic heterocycles. The van der Waals surface area contributed by atoms with Crippen molar-refractivity contribution in [3.8, 4) is 0 Å². The van der Waals surface area contributed by atoms with E-state index in [1.165, 1.54) is 29.2 Å². The van der Waals surface area contributed by atoms with Crippen molar-refractivity contribution in [3.63, 3.8) is 0 Å². The molecule has 2 N–H and O–H groups in total. The van der Waals surface area contributed by atoms with Gasteiger partial charge in [0.15, 0.2) is 5.69 Å². The number of hydrogen-bond donors (Lipinski definition) is 2. The van der Waals surface area contributed by atoms with E-state index in [4.69, 9.17) is 5.11 Å². The number of anilines is 1.